The van der Waals surface area contributed by atoms with Gasteiger partial charge in [0.25, 0.3) is 16.8 Å². The number of ether oxygens (including phenoxy) is 2. The van der Waals surface area contributed by atoms with E-state index in [0.717, 1.165) is 22.9 Å². The summed E-state index contributed by atoms with van der Waals surface area (Å²) in [4.78, 5) is 37.2. The molecule has 0 aromatic heterocycles. The predicted molar refractivity (Wildman–Crippen MR) is 133 cm³/mol. The molecule has 0 unspecified atom stereocenters. The van der Waals surface area contributed by atoms with Gasteiger partial charge in [-0.25, -0.2) is 0 Å². The molecule has 1 heterocycles. The van der Waals surface area contributed by atoms with Crippen molar-refractivity contribution < 1.29 is 24.0 Å². The van der Waals surface area contributed by atoms with Crippen LogP contribution in [0.5, 0.6) is 11.5 Å². The monoisotopic (exact) mass is 510 g/mol. The van der Waals surface area contributed by atoms with Crippen LogP contribution in [0.1, 0.15) is 16.7 Å². The van der Waals surface area contributed by atoms with E-state index in [2.05, 4.69) is 0 Å². The maximum atomic E-state index is 12.9. The molecule has 0 bridgehead atoms. The number of carbonyl (C=O) groups is 2. The second-order valence-corrected chi connectivity index (χ2v) is 8.95. The Labute approximate surface area is 210 Å². The molecule has 3 aromatic rings. The Balaban J connectivity index is 1.50. The molecule has 8 nitrogen and oxygen atoms in total. The largest absolute Gasteiger partial charge is 0.493 e. The van der Waals surface area contributed by atoms with Crippen molar-refractivity contribution in [3.8, 4) is 11.5 Å². The lowest BCUT2D eigenvalue weighted by Gasteiger charge is -2.13. The summed E-state index contributed by atoms with van der Waals surface area (Å²) in [6.45, 7) is 0.294. The Morgan fingerprint density at radius 1 is 1.03 bits per heavy atom. The molecule has 3 aromatic carbocycles. The van der Waals surface area contributed by atoms with Crippen molar-refractivity contribution in [1.82, 2.24) is 4.90 Å². The van der Waals surface area contributed by atoms with Crippen LogP contribution in [0, 0.1) is 10.1 Å². The standard InChI is InChI=1S/C25H19ClN2O6S/c1-33-21-10-7-17(12-22(21)34-15-16-5-8-20(9-6-16)28(31)32)13-23-24(29)27(25(30)35-23)14-18-3-2-4-19(26)11-18/h2-13H,14-15H2,1H3/b23-13-. The first-order valence-electron chi connectivity index (χ1n) is 10.4. The van der Waals surface area contributed by atoms with E-state index in [1.807, 2.05) is 0 Å². The fraction of sp³-hybridized carbons (Fsp3) is 0.120. The number of thioether (sulfide) groups is 1. The van der Waals surface area contributed by atoms with E-state index >= 15 is 0 Å². The van der Waals surface area contributed by atoms with Gasteiger partial charge in [0.15, 0.2) is 11.5 Å². The van der Waals surface area contributed by atoms with Gasteiger partial charge in [0.2, 0.25) is 0 Å². The number of halogens is 1. The zero-order chi connectivity index (χ0) is 24.9. The lowest BCUT2D eigenvalue weighted by molar-refractivity contribution is -0.384. The molecular weight excluding hydrogens is 492 g/mol. The fourth-order valence-electron chi connectivity index (χ4n) is 3.38. The van der Waals surface area contributed by atoms with Gasteiger partial charge in [0, 0.05) is 17.2 Å². The van der Waals surface area contributed by atoms with Crippen molar-refractivity contribution in [2.24, 2.45) is 0 Å². The smallest absolute Gasteiger partial charge is 0.293 e. The summed E-state index contributed by atoms with van der Waals surface area (Å²) in [7, 11) is 1.51. The quantitative estimate of drug-likeness (QED) is 0.206. The zero-order valence-corrected chi connectivity index (χ0v) is 20.0. The van der Waals surface area contributed by atoms with Crippen LogP contribution in [0.4, 0.5) is 10.5 Å². The van der Waals surface area contributed by atoms with E-state index in [-0.39, 0.29) is 30.0 Å². The molecule has 1 saturated heterocycles. The Kier molecular flexibility index (Phi) is 7.38. The summed E-state index contributed by atoms with van der Waals surface area (Å²) in [5.41, 5.74) is 2.15. The van der Waals surface area contributed by atoms with Crippen molar-refractivity contribution in [3.63, 3.8) is 0 Å². The minimum absolute atomic E-state index is 0.00219. The Morgan fingerprint density at radius 3 is 2.49 bits per heavy atom. The third-order valence-electron chi connectivity index (χ3n) is 5.13. The van der Waals surface area contributed by atoms with Crippen molar-refractivity contribution >= 4 is 46.3 Å². The molecule has 4 rings (SSSR count). The van der Waals surface area contributed by atoms with Crippen molar-refractivity contribution in [2.75, 3.05) is 7.11 Å². The Hall–Kier alpha value is -3.82. The van der Waals surface area contributed by atoms with Gasteiger partial charge in [0.1, 0.15) is 6.61 Å². The van der Waals surface area contributed by atoms with Crippen LogP contribution in [0.25, 0.3) is 6.08 Å². The van der Waals surface area contributed by atoms with Gasteiger partial charge in [0.05, 0.1) is 23.5 Å². The Morgan fingerprint density at radius 2 is 1.80 bits per heavy atom. The van der Waals surface area contributed by atoms with Crippen LogP contribution in [-0.4, -0.2) is 28.1 Å². The van der Waals surface area contributed by atoms with Gasteiger partial charge in [-0.15, -0.1) is 0 Å². The van der Waals surface area contributed by atoms with Crippen molar-refractivity contribution in [3.05, 3.63) is 103 Å². The summed E-state index contributed by atoms with van der Waals surface area (Å²) < 4.78 is 11.2. The Bertz CT molecular complexity index is 1330. The highest BCUT2D eigenvalue weighted by Crippen LogP contribution is 2.35. The first-order chi connectivity index (χ1) is 16.8. The molecular formula is C25H19ClN2O6S. The van der Waals surface area contributed by atoms with Crippen molar-refractivity contribution in [2.45, 2.75) is 13.2 Å². The van der Waals surface area contributed by atoms with Crippen LogP contribution < -0.4 is 9.47 Å². The van der Waals surface area contributed by atoms with Gasteiger partial charge >= 0.3 is 0 Å². The number of amides is 2. The van der Waals surface area contributed by atoms with Crippen LogP contribution >= 0.6 is 23.4 Å². The number of benzene rings is 3. The topological polar surface area (TPSA) is 99.0 Å². The van der Waals surface area contributed by atoms with Crippen molar-refractivity contribution in [1.29, 1.82) is 0 Å². The number of imide groups is 1. The first-order valence-corrected chi connectivity index (χ1v) is 11.6. The van der Waals surface area contributed by atoms with Gasteiger partial charge in [-0.2, -0.15) is 0 Å². The maximum Gasteiger partial charge on any atom is 0.293 e. The molecule has 0 N–H and O–H groups in total. The first kappa shape index (κ1) is 24.3. The summed E-state index contributed by atoms with van der Waals surface area (Å²) in [6, 6.07) is 18.2. The van der Waals surface area contributed by atoms with E-state index < -0.39 is 4.92 Å². The van der Waals surface area contributed by atoms with Gasteiger partial charge in [-0.3, -0.25) is 24.6 Å². The molecule has 0 aliphatic carbocycles. The maximum absolute atomic E-state index is 12.9. The number of non-ortho nitro benzene ring substituents is 1. The minimum Gasteiger partial charge on any atom is -0.493 e. The number of hydrogen-bond acceptors (Lipinski definition) is 7. The highest BCUT2D eigenvalue weighted by Gasteiger charge is 2.35. The highest BCUT2D eigenvalue weighted by molar-refractivity contribution is 8.18. The van der Waals surface area contributed by atoms with E-state index in [4.69, 9.17) is 21.1 Å². The number of nitrogens with zero attached hydrogens (tertiary/aromatic N) is 2. The highest BCUT2D eigenvalue weighted by atomic mass is 35.5. The lowest BCUT2D eigenvalue weighted by atomic mass is 10.1. The second kappa shape index (κ2) is 10.6. The fourth-order valence-corrected chi connectivity index (χ4v) is 4.43. The van der Waals surface area contributed by atoms with E-state index in [0.29, 0.717) is 27.0 Å². The second-order valence-electron chi connectivity index (χ2n) is 7.52. The molecule has 2 amide bonds. The molecule has 178 valence electrons. The number of methoxy groups -OCH3 is 1. The molecule has 0 atom stereocenters. The minimum atomic E-state index is -0.464. The van der Waals surface area contributed by atoms with Crippen LogP contribution in [0.15, 0.2) is 71.6 Å². The lowest BCUT2D eigenvalue weighted by Crippen LogP contribution is -2.27. The zero-order valence-electron chi connectivity index (χ0n) is 18.5. The molecule has 35 heavy (non-hydrogen) atoms. The van der Waals surface area contributed by atoms with Crippen LogP contribution in [-0.2, 0) is 17.9 Å². The summed E-state index contributed by atoms with van der Waals surface area (Å²) >= 11 is 6.88. The predicted octanol–water partition coefficient (Wildman–Crippen LogP) is 6.07. The SMILES string of the molecule is COc1ccc(/C=C2\SC(=O)N(Cc3cccc(Cl)c3)C2=O)cc1OCc1ccc([N+](=O)[O-])cc1. The van der Waals surface area contributed by atoms with E-state index in [1.165, 1.54) is 24.1 Å². The molecule has 0 spiro atoms. The van der Waals surface area contributed by atoms with Crippen LogP contribution in [0.3, 0.4) is 0 Å². The number of nitro benzene ring substituents is 1. The normalized spacial score (nSPS) is 14.5. The average Bonchev–Trinajstić information content (AvgIpc) is 3.10. The molecule has 0 saturated carbocycles. The number of hydrogen-bond donors (Lipinski definition) is 0. The summed E-state index contributed by atoms with van der Waals surface area (Å²) in [5.74, 6) is 0.528. The van der Waals surface area contributed by atoms with Gasteiger partial charge in [-0.05, 0) is 70.9 Å². The molecule has 0 radical (unpaired) electrons. The molecule has 10 heteroatoms. The molecule has 1 aliphatic heterocycles. The third kappa shape index (κ3) is 5.82. The molecule has 1 aliphatic rings. The van der Waals surface area contributed by atoms with E-state index in [9.17, 15) is 19.7 Å². The van der Waals surface area contributed by atoms with E-state index in [1.54, 1.807) is 60.7 Å². The van der Waals surface area contributed by atoms with Crippen LogP contribution in [0.2, 0.25) is 5.02 Å². The third-order valence-corrected chi connectivity index (χ3v) is 6.27. The summed E-state index contributed by atoms with van der Waals surface area (Å²) in [6.07, 6.45) is 1.63. The summed E-state index contributed by atoms with van der Waals surface area (Å²) in [5, 5.41) is 11.0. The number of carbonyl (C=O) groups excluding carboxylic acids is 2. The van der Waals surface area contributed by atoms with Gasteiger partial charge in [-0.1, -0.05) is 29.8 Å². The number of nitro groups is 1. The average molecular weight is 511 g/mol. The molecule has 1 fully saturated rings. The number of rotatable bonds is 8. The van der Waals surface area contributed by atoms with Gasteiger partial charge < -0.3 is 9.47 Å².